The molecule has 0 aromatic carbocycles. The van der Waals surface area contributed by atoms with Crippen LogP contribution in [0.25, 0.3) is 0 Å². The Morgan fingerprint density at radius 2 is 1.67 bits per heavy atom. The van der Waals surface area contributed by atoms with Gasteiger partial charge in [-0.2, -0.15) is 0 Å². The molecule has 2 atom stereocenters. The Morgan fingerprint density at radius 3 is 2.28 bits per heavy atom. The van der Waals surface area contributed by atoms with Crippen LogP contribution in [0.4, 0.5) is 0 Å². The van der Waals surface area contributed by atoms with Gasteiger partial charge >= 0.3 is 0 Å². The third-order valence-electron chi connectivity index (χ3n) is 3.62. The van der Waals surface area contributed by atoms with Crippen LogP contribution in [-0.2, 0) is 9.47 Å². The fraction of sp³-hybridized carbons (Fsp3) is 1.00. The van der Waals surface area contributed by atoms with Crippen molar-refractivity contribution in [3.05, 3.63) is 0 Å². The molecule has 0 saturated carbocycles. The van der Waals surface area contributed by atoms with Gasteiger partial charge in [0.1, 0.15) is 6.10 Å². The molecule has 1 saturated heterocycles. The van der Waals surface area contributed by atoms with E-state index in [-0.39, 0.29) is 12.2 Å². The fourth-order valence-corrected chi connectivity index (χ4v) is 2.40. The average Bonchev–Trinajstić information content (AvgIpc) is 2.42. The third kappa shape index (κ3) is 7.34. The number of hydrogen-bond donors (Lipinski definition) is 1. The lowest BCUT2D eigenvalue weighted by Gasteiger charge is -2.27. The van der Waals surface area contributed by atoms with Gasteiger partial charge in [-0.05, 0) is 6.42 Å². The Labute approximate surface area is 112 Å². The highest BCUT2D eigenvalue weighted by molar-refractivity contribution is 4.71. The van der Waals surface area contributed by atoms with Crippen LogP contribution in [0.3, 0.4) is 0 Å². The molecule has 0 aliphatic carbocycles. The first kappa shape index (κ1) is 15.9. The molecule has 3 heteroatoms. The van der Waals surface area contributed by atoms with Crippen LogP contribution < -0.4 is 0 Å². The number of ether oxygens (including phenoxy) is 2. The van der Waals surface area contributed by atoms with Gasteiger partial charge in [-0.1, -0.05) is 58.3 Å². The van der Waals surface area contributed by atoms with Crippen LogP contribution in [0.1, 0.15) is 64.7 Å². The van der Waals surface area contributed by atoms with Crippen molar-refractivity contribution < 1.29 is 14.6 Å². The first-order chi connectivity index (χ1) is 8.84. The second-order valence-corrected chi connectivity index (χ2v) is 5.32. The molecule has 108 valence electrons. The highest BCUT2D eigenvalue weighted by atomic mass is 16.6. The van der Waals surface area contributed by atoms with E-state index < -0.39 is 0 Å². The number of aliphatic hydroxyl groups is 1. The zero-order valence-corrected chi connectivity index (χ0v) is 11.9. The van der Waals surface area contributed by atoms with Crippen molar-refractivity contribution in [2.24, 2.45) is 0 Å². The molecule has 18 heavy (non-hydrogen) atoms. The maximum Gasteiger partial charge on any atom is 0.107 e. The summed E-state index contributed by atoms with van der Waals surface area (Å²) >= 11 is 0. The number of aliphatic hydroxyl groups excluding tert-OH is 1. The van der Waals surface area contributed by atoms with Crippen molar-refractivity contribution in [1.29, 1.82) is 0 Å². The molecule has 1 rings (SSSR count). The van der Waals surface area contributed by atoms with E-state index in [0.29, 0.717) is 19.8 Å². The van der Waals surface area contributed by atoms with E-state index in [9.17, 15) is 5.11 Å². The normalized spacial score (nSPS) is 22.0. The topological polar surface area (TPSA) is 38.7 Å². The average molecular weight is 258 g/mol. The molecule has 0 spiro atoms. The van der Waals surface area contributed by atoms with E-state index in [2.05, 4.69) is 6.92 Å². The molecule has 1 heterocycles. The smallest absolute Gasteiger partial charge is 0.107 e. The van der Waals surface area contributed by atoms with Gasteiger partial charge in [-0.15, -0.1) is 0 Å². The molecule has 0 bridgehead atoms. The van der Waals surface area contributed by atoms with Crippen LogP contribution in [0, 0.1) is 0 Å². The predicted molar refractivity (Wildman–Crippen MR) is 73.8 cm³/mol. The Balaban J connectivity index is 1.87. The standard InChI is InChI=1S/C15H30O3/c1-2-3-4-5-6-7-8-9-10-14(16)15-13-17-11-12-18-15/h14-16H,2-13H2,1H3. The summed E-state index contributed by atoms with van der Waals surface area (Å²) in [4.78, 5) is 0. The van der Waals surface area contributed by atoms with Crippen molar-refractivity contribution in [3.63, 3.8) is 0 Å². The summed E-state index contributed by atoms with van der Waals surface area (Å²) in [6.07, 6.45) is 10.8. The maximum atomic E-state index is 9.94. The van der Waals surface area contributed by atoms with Gasteiger partial charge in [-0.3, -0.25) is 0 Å². The molecule has 1 aliphatic heterocycles. The van der Waals surface area contributed by atoms with Crippen LogP contribution in [-0.4, -0.2) is 37.1 Å². The summed E-state index contributed by atoms with van der Waals surface area (Å²) in [7, 11) is 0. The van der Waals surface area contributed by atoms with Gasteiger partial charge in [0.15, 0.2) is 0 Å². The van der Waals surface area contributed by atoms with E-state index in [0.717, 1.165) is 12.8 Å². The van der Waals surface area contributed by atoms with Gasteiger partial charge in [0.05, 0.1) is 25.9 Å². The third-order valence-corrected chi connectivity index (χ3v) is 3.62. The highest BCUT2D eigenvalue weighted by Gasteiger charge is 2.22. The zero-order valence-electron chi connectivity index (χ0n) is 11.9. The second-order valence-electron chi connectivity index (χ2n) is 5.32. The summed E-state index contributed by atoms with van der Waals surface area (Å²) in [6, 6.07) is 0. The second kappa shape index (κ2) is 10.8. The number of hydrogen-bond acceptors (Lipinski definition) is 3. The largest absolute Gasteiger partial charge is 0.390 e. The molecule has 1 fully saturated rings. The first-order valence-corrected chi connectivity index (χ1v) is 7.72. The van der Waals surface area contributed by atoms with Crippen LogP contribution in [0.2, 0.25) is 0 Å². The van der Waals surface area contributed by atoms with Crippen molar-refractivity contribution >= 4 is 0 Å². The molecule has 2 unspecified atom stereocenters. The van der Waals surface area contributed by atoms with E-state index >= 15 is 0 Å². The fourth-order valence-electron chi connectivity index (χ4n) is 2.40. The summed E-state index contributed by atoms with van der Waals surface area (Å²) in [5, 5.41) is 9.94. The summed E-state index contributed by atoms with van der Waals surface area (Å²) in [5.74, 6) is 0. The number of unbranched alkanes of at least 4 members (excludes halogenated alkanes) is 7. The highest BCUT2D eigenvalue weighted by Crippen LogP contribution is 2.14. The van der Waals surface area contributed by atoms with Crippen LogP contribution in [0.5, 0.6) is 0 Å². The van der Waals surface area contributed by atoms with Gasteiger partial charge in [0.25, 0.3) is 0 Å². The molecule has 3 nitrogen and oxygen atoms in total. The van der Waals surface area contributed by atoms with Crippen molar-refractivity contribution in [3.8, 4) is 0 Å². The maximum absolute atomic E-state index is 9.94. The molecule has 1 aliphatic rings. The quantitative estimate of drug-likeness (QED) is 0.611. The molecular formula is C15H30O3. The SMILES string of the molecule is CCCCCCCCCCC(O)C1COCCO1. The monoisotopic (exact) mass is 258 g/mol. The molecule has 0 amide bonds. The van der Waals surface area contributed by atoms with Gasteiger partial charge in [0.2, 0.25) is 0 Å². The Bertz CT molecular complexity index is 179. The lowest BCUT2D eigenvalue weighted by molar-refractivity contribution is -0.133. The van der Waals surface area contributed by atoms with Gasteiger partial charge < -0.3 is 14.6 Å². The number of rotatable bonds is 10. The Hall–Kier alpha value is -0.120. The van der Waals surface area contributed by atoms with Gasteiger partial charge in [-0.25, -0.2) is 0 Å². The summed E-state index contributed by atoms with van der Waals surface area (Å²) in [5.41, 5.74) is 0. The van der Waals surface area contributed by atoms with E-state index in [1.807, 2.05) is 0 Å². The molecule has 1 N–H and O–H groups in total. The lowest BCUT2D eigenvalue weighted by Crippen LogP contribution is -2.38. The predicted octanol–water partition coefficient (Wildman–Crippen LogP) is 3.29. The van der Waals surface area contributed by atoms with E-state index in [1.54, 1.807) is 0 Å². The van der Waals surface area contributed by atoms with Crippen LogP contribution in [0.15, 0.2) is 0 Å². The first-order valence-electron chi connectivity index (χ1n) is 7.72. The summed E-state index contributed by atoms with van der Waals surface area (Å²) in [6.45, 7) is 4.09. The molecule has 0 aromatic rings. The Morgan fingerprint density at radius 1 is 1.00 bits per heavy atom. The minimum absolute atomic E-state index is 0.0942. The van der Waals surface area contributed by atoms with Crippen LogP contribution >= 0.6 is 0 Å². The lowest BCUT2D eigenvalue weighted by atomic mass is 10.0. The van der Waals surface area contributed by atoms with Crippen molar-refractivity contribution in [2.75, 3.05) is 19.8 Å². The summed E-state index contributed by atoms with van der Waals surface area (Å²) < 4.78 is 10.8. The minimum atomic E-state index is -0.342. The molecular weight excluding hydrogens is 228 g/mol. The van der Waals surface area contributed by atoms with E-state index in [4.69, 9.17) is 9.47 Å². The zero-order chi connectivity index (χ0) is 13.1. The Kier molecular flexibility index (Phi) is 9.54. The molecule has 0 radical (unpaired) electrons. The van der Waals surface area contributed by atoms with Gasteiger partial charge in [0, 0.05) is 0 Å². The molecule has 0 aromatic heterocycles. The van der Waals surface area contributed by atoms with Crippen molar-refractivity contribution in [1.82, 2.24) is 0 Å². The van der Waals surface area contributed by atoms with Crippen molar-refractivity contribution in [2.45, 2.75) is 76.9 Å². The van der Waals surface area contributed by atoms with E-state index in [1.165, 1.54) is 44.9 Å². The minimum Gasteiger partial charge on any atom is -0.390 e.